The second-order valence-electron chi connectivity index (χ2n) is 15.8. The monoisotopic (exact) mass is 839 g/mol. The van der Waals surface area contributed by atoms with Gasteiger partial charge in [-0.3, -0.25) is 29.8 Å². The number of hydrogen-bond donors (Lipinski definition) is 9. The highest BCUT2D eigenvalue weighted by atomic mass is 16.5. The van der Waals surface area contributed by atoms with Gasteiger partial charge in [-0.05, 0) is 42.0 Å². The zero-order chi connectivity index (χ0) is 43.6. The Morgan fingerprint density at radius 2 is 1.25 bits per heavy atom. The first-order chi connectivity index (χ1) is 28.7. The third kappa shape index (κ3) is 15.5. The molecule has 332 valence electrons. The fourth-order valence-corrected chi connectivity index (χ4v) is 6.78. The number of carbonyl (C=O) groups excluding carboxylic acids is 4. The number of nitrogens with zero attached hydrogens (tertiary/aromatic N) is 3. The summed E-state index contributed by atoms with van der Waals surface area (Å²) in [5.41, 5.74) is 4.04. The van der Waals surface area contributed by atoms with Crippen LogP contribution in [0.15, 0.2) is 55.1 Å². The summed E-state index contributed by atoms with van der Waals surface area (Å²) < 4.78 is 10.8. The lowest BCUT2D eigenvalue weighted by molar-refractivity contribution is -0.129. The second-order valence-corrected chi connectivity index (χ2v) is 15.8. The van der Waals surface area contributed by atoms with Crippen molar-refractivity contribution < 1.29 is 44.0 Å². The standard InChI is InChI=1S/C42H65N9O9/c1-28(2)37(46-41(57)43-13-15-49-17-21-59-22-18-49)39(55)45-33(25-31-9-7-6-8-10-31)36(54)27-51(30(5)32-11-12-34(52)35(53)26-32)48-40(56)38(29(3)4)47-42(58)44-14-16-50-19-23-60-24-20-50/h6-12,26,28-29,33,36-38,52-54H,5,13-25,27H2,1-4H3,(H,45,55)(H,48,56)(H2,43,46,57)(H2,44,47,58)/t33-,36-,37-,38-/m0/s1. The molecule has 0 saturated carbocycles. The van der Waals surface area contributed by atoms with Gasteiger partial charge in [0, 0.05) is 57.9 Å². The van der Waals surface area contributed by atoms with Gasteiger partial charge in [0.1, 0.15) is 12.1 Å². The molecule has 4 rings (SSSR count). The van der Waals surface area contributed by atoms with Gasteiger partial charge >= 0.3 is 12.1 Å². The van der Waals surface area contributed by atoms with E-state index in [1.807, 2.05) is 30.3 Å². The van der Waals surface area contributed by atoms with Gasteiger partial charge in [0.05, 0.1) is 50.8 Å². The summed E-state index contributed by atoms with van der Waals surface area (Å²) >= 11 is 0. The lowest BCUT2D eigenvalue weighted by Gasteiger charge is -2.35. The van der Waals surface area contributed by atoms with Crippen molar-refractivity contribution >= 4 is 29.6 Å². The first-order valence-electron chi connectivity index (χ1n) is 20.7. The molecule has 2 fully saturated rings. The number of phenols is 2. The van der Waals surface area contributed by atoms with Crippen LogP contribution in [-0.4, -0.2) is 164 Å². The van der Waals surface area contributed by atoms with Crippen LogP contribution in [0, 0.1) is 11.8 Å². The number of amides is 6. The topological polar surface area (TPSA) is 229 Å². The third-order valence-corrected chi connectivity index (χ3v) is 10.4. The van der Waals surface area contributed by atoms with Gasteiger partial charge in [-0.1, -0.05) is 64.6 Å². The van der Waals surface area contributed by atoms with Gasteiger partial charge in [-0.25, -0.2) is 9.59 Å². The van der Waals surface area contributed by atoms with Gasteiger partial charge in [0.25, 0.3) is 5.91 Å². The van der Waals surface area contributed by atoms with Crippen LogP contribution in [0.5, 0.6) is 11.5 Å². The lowest BCUT2D eigenvalue weighted by atomic mass is 9.98. The minimum absolute atomic E-state index is 0.135. The van der Waals surface area contributed by atoms with E-state index in [9.17, 15) is 34.5 Å². The highest BCUT2D eigenvalue weighted by Crippen LogP contribution is 2.29. The van der Waals surface area contributed by atoms with E-state index < -0.39 is 53.9 Å². The molecule has 4 atom stereocenters. The van der Waals surface area contributed by atoms with Crippen LogP contribution < -0.4 is 32.0 Å². The van der Waals surface area contributed by atoms with E-state index in [0.29, 0.717) is 58.2 Å². The van der Waals surface area contributed by atoms with Gasteiger partial charge in [-0.15, -0.1) is 0 Å². The van der Waals surface area contributed by atoms with Crippen molar-refractivity contribution in [2.75, 3.05) is 85.3 Å². The second kappa shape index (κ2) is 24.2. The van der Waals surface area contributed by atoms with E-state index >= 15 is 0 Å². The highest BCUT2D eigenvalue weighted by molar-refractivity contribution is 5.88. The van der Waals surface area contributed by atoms with Crippen molar-refractivity contribution in [3.8, 4) is 11.5 Å². The molecule has 6 amide bonds. The number of hydrogen-bond acceptors (Lipinski definition) is 12. The van der Waals surface area contributed by atoms with Crippen LogP contribution in [0.4, 0.5) is 9.59 Å². The van der Waals surface area contributed by atoms with Crippen molar-refractivity contribution in [2.24, 2.45) is 11.8 Å². The Bertz CT molecular complexity index is 1690. The molecule has 9 N–H and O–H groups in total. The van der Waals surface area contributed by atoms with Gasteiger partial charge in [0.15, 0.2) is 11.5 Å². The summed E-state index contributed by atoms with van der Waals surface area (Å²) in [6.07, 6.45) is -1.18. The summed E-state index contributed by atoms with van der Waals surface area (Å²) in [4.78, 5) is 58.3. The summed E-state index contributed by atoms with van der Waals surface area (Å²) in [5, 5.41) is 47.8. The highest BCUT2D eigenvalue weighted by Gasteiger charge is 2.32. The van der Waals surface area contributed by atoms with Crippen LogP contribution in [0.25, 0.3) is 5.70 Å². The minimum Gasteiger partial charge on any atom is -0.504 e. The van der Waals surface area contributed by atoms with Crippen molar-refractivity contribution in [1.29, 1.82) is 0 Å². The number of phenolic OH excluding ortho intramolecular Hbond substituents is 2. The maximum absolute atomic E-state index is 14.0. The van der Waals surface area contributed by atoms with E-state index in [0.717, 1.165) is 31.7 Å². The number of morpholine rings is 2. The molecular weight excluding hydrogens is 775 g/mol. The molecule has 60 heavy (non-hydrogen) atoms. The van der Waals surface area contributed by atoms with Crippen LogP contribution in [-0.2, 0) is 25.5 Å². The van der Waals surface area contributed by atoms with Crippen LogP contribution in [0.2, 0.25) is 0 Å². The molecule has 0 unspecified atom stereocenters. The molecule has 0 aromatic heterocycles. The number of rotatable bonds is 21. The quantitative estimate of drug-likeness (QED) is 0.0629. The molecule has 0 bridgehead atoms. The smallest absolute Gasteiger partial charge is 0.315 e. The Morgan fingerprint density at radius 1 is 0.733 bits per heavy atom. The molecule has 18 heteroatoms. The largest absolute Gasteiger partial charge is 0.504 e. The predicted octanol–water partition coefficient (Wildman–Crippen LogP) is 0.802. The van der Waals surface area contributed by atoms with Crippen LogP contribution >= 0.6 is 0 Å². The van der Waals surface area contributed by atoms with Gasteiger partial charge in [0.2, 0.25) is 5.91 Å². The number of aliphatic hydroxyl groups excluding tert-OH is 1. The molecule has 2 heterocycles. The third-order valence-electron chi connectivity index (χ3n) is 10.4. The zero-order valence-electron chi connectivity index (χ0n) is 35.3. The molecule has 2 aromatic carbocycles. The average Bonchev–Trinajstić information content (AvgIpc) is 3.23. The Morgan fingerprint density at radius 3 is 1.75 bits per heavy atom. The molecule has 0 spiro atoms. The maximum Gasteiger partial charge on any atom is 0.315 e. The van der Waals surface area contributed by atoms with Crippen LogP contribution in [0.1, 0.15) is 38.8 Å². The van der Waals surface area contributed by atoms with Gasteiger partial charge < -0.3 is 51.4 Å². The predicted molar refractivity (Wildman–Crippen MR) is 227 cm³/mol. The zero-order valence-corrected chi connectivity index (χ0v) is 35.3. The number of carbonyl (C=O) groups is 4. The summed E-state index contributed by atoms with van der Waals surface area (Å²) in [6, 6.07) is 9.29. The number of aromatic hydroxyl groups is 2. The minimum atomic E-state index is -1.36. The summed E-state index contributed by atoms with van der Waals surface area (Å²) in [5.74, 6) is -2.61. The molecule has 18 nitrogen and oxygen atoms in total. The van der Waals surface area contributed by atoms with E-state index in [1.54, 1.807) is 27.7 Å². The van der Waals surface area contributed by atoms with E-state index in [1.165, 1.54) is 23.2 Å². The number of hydrazine groups is 1. The average molecular weight is 840 g/mol. The Hall–Kier alpha value is -5.14. The molecule has 2 saturated heterocycles. The number of benzene rings is 2. The Kier molecular flexibility index (Phi) is 19.2. The Labute approximate surface area is 353 Å². The summed E-state index contributed by atoms with van der Waals surface area (Å²) in [7, 11) is 0. The fourth-order valence-electron chi connectivity index (χ4n) is 6.78. The number of aliphatic hydroxyl groups is 1. The first kappa shape index (κ1) is 47.5. The molecule has 2 aromatic rings. The van der Waals surface area contributed by atoms with Crippen LogP contribution in [0.3, 0.4) is 0 Å². The number of ether oxygens (including phenoxy) is 2. The van der Waals surface area contributed by atoms with Gasteiger partial charge in [-0.2, -0.15) is 0 Å². The summed E-state index contributed by atoms with van der Waals surface area (Å²) in [6.45, 7) is 18.6. The molecule has 0 radical (unpaired) electrons. The lowest BCUT2D eigenvalue weighted by Crippen LogP contribution is -2.60. The van der Waals surface area contributed by atoms with Crippen molar-refractivity contribution in [3.63, 3.8) is 0 Å². The SMILES string of the molecule is C=C(c1ccc(O)c(O)c1)N(C[C@H](O)[C@H](Cc1ccccc1)NC(=O)[C@@H](NC(=O)NCCN1CCOCC1)C(C)C)NC(=O)[C@@H](NC(=O)NCCN1CCOCC1)C(C)C. The Balaban J connectivity index is 1.50. The molecular formula is C42H65N9O9. The number of nitrogens with one attached hydrogen (secondary N) is 6. The molecule has 2 aliphatic heterocycles. The maximum atomic E-state index is 14.0. The first-order valence-corrected chi connectivity index (χ1v) is 20.7. The van der Waals surface area contributed by atoms with Crippen molar-refractivity contribution in [3.05, 3.63) is 66.2 Å². The van der Waals surface area contributed by atoms with E-state index in [4.69, 9.17) is 9.47 Å². The number of urea groups is 2. The fraction of sp³-hybridized carbons (Fsp3) is 0.571. The molecule has 2 aliphatic rings. The van der Waals surface area contributed by atoms with Crippen molar-refractivity contribution in [1.82, 2.24) is 46.8 Å². The van der Waals surface area contributed by atoms with E-state index in [-0.39, 0.29) is 36.2 Å². The molecule has 0 aliphatic carbocycles. The normalized spacial score (nSPS) is 16.9. The van der Waals surface area contributed by atoms with E-state index in [2.05, 4.69) is 48.4 Å². The van der Waals surface area contributed by atoms with Crippen molar-refractivity contribution in [2.45, 2.75) is 58.3 Å².